The van der Waals surface area contributed by atoms with E-state index in [9.17, 15) is 4.79 Å². The molecule has 0 spiro atoms. The van der Waals surface area contributed by atoms with Crippen LogP contribution in [0.5, 0.6) is 0 Å². The summed E-state index contributed by atoms with van der Waals surface area (Å²) in [7, 11) is 0. The average Bonchev–Trinajstić information content (AvgIpc) is 2.84. The number of amides is 1. The topological polar surface area (TPSA) is 62.2 Å². The van der Waals surface area contributed by atoms with E-state index in [2.05, 4.69) is 14.9 Å². The maximum absolute atomic E-state index is 13.5. The molecule has 2 aromatic carbocycles. The number of aromatic nitrogens is 3. The van der Waals surface area contributed by atoms with Crippen molar-refractivity contribution >= 4 is 34.4 Å². The summed E-state index contributed by atoms with van der Waals surface area (Å²) >= 11 is 6.41. The van der Waals surface area contributed by atoms with Crippen LogP contribution in [0.25, 0.3) is 22.2 Å². The van der Waals surface area contributed by atoms with Gasteiger partial charge >= 0.3 is 0 Å². The van der Waals surface area contributed by atoms with Crippen LogP contribution in [0.4, 0.5) is 5.95 Å². The summed E-state index contributed by atoms with van der Waals surface area (Å²) in [5.41, 5.74) is 2.93. The number of nitrogens with zero attached hydrogens (tertiary/aromatic N) is 5. The third-order valence-electron chi connectivity index (χ3n) is 5.50. The van der Waals surface area contributed by atoms with Crippen molar-refractivity contribution in [3.8, 4) is 11.3 Å². The molecule has 0 bridgehead atoms. The lowest BCUT2D eigenvalue weighted by atomic mass is 10.0. The summed E-state index contributed by atoms with van der Waals surface area (Å²) in [5, 5.41) is 1.46. The van der Waals surface area contributed by atoms with Crippen molar-refractivity contribution in [2.75, 3.05) is 31.1 Å². The second-order valence-corrected chi connectivity index (χ2v) is 7.79. The first-order chi connectivity index (χ1) is 15.2. The first-order valence-electron chi connectivity index (χ1n) is 10.2. The highest BCUT2D eigenvalue weighted by molar-refractivity contribution is 6.33. The number of hydrogen-bond donors (Lipinski definition) is 0. The van der Waals surface area contributed by atoms with Crippen LogP contribution in [0.2, 0.25) is 5.02 Å². The van der Waals surface area contributed by atoms with E-state index in [-0.39, 0.29) is 5.91 Å². The fraction of sp³-hybridized carbons (Fsp3) is 0.167. The Hall–Kier alpha value is -3.51. The molecule has 3 heterocycles. The first kappa shape index (κ1) is 19.5. The molecule has 6 nitrogen and oxygen atoms in total. The number of carbonyl (C=O) groups excluding carboxylic acids is 1. The van der Waals surface area contributed by atoms with Crippen LogP contribution in [0.3, 0.4) is 0 Å². The number of carbonyl (C=O) groups is 1. The molecular formula is C24H20ClN5O. The zero-order valence-corrected chi connectivity index (χ0v) is 17.5. The van der Waals surface area contributed by atoms with Gasteiger partial charge in [-0.2, -0.15) is 0 Å². The van der Waals surface area contributed by atoms with E-state index in [0.29, 0.717) is 48.4 Å². The third kappa shape index (κ3) is 3.82. The summed E-state index contributed by atoms with van der Waals surface area (Å²) < 4.78 is 0. The van der Waals surface area contributed by atoms with E-state index < -0.39 is 0 Å². The van der Waals surface area contributed by atoms with Crippen LogP contribution >= 0.6 is 11.6 Å². The molecule has 7 heteroatoms. The number of halogens is 1. The van der Waals surface area contributed by atoms with Crippen molar-refractivity contribution in [3.63, 3.8) is 0 Å². The van der Waals surface area contributed by atoms with Gasteiger partial charge in [0.05, 0.1) is 16.8 Å². The van der Waals surface area contributed by atoms with E-state index in [4.69, 9.17) is 16.6 Å². The number of pyridine rings is 1. The van der Waals surface area contributed by atoms with E-state index in [1.54, 1.807) is 18.5 Å². The number of hydrogen-bond acceptors (Lipinski definition) is 5. The Morgan fingerprint density at radius 1 is 0.871 bits per heavy atom. The van der Waals surface area contributed by atoms with Crippen molar-refractivity contribution in [3.05, 3.63) is 83.6 Å². The van der Waals surface area contributed by atoms with Gasteiger partial charge < -0.3 is 9.80 Å². The molecule has 1 aliphatic rings. The lowest BCUT2D eigenvalue weighted by Crippen LogP contribution is -2.49. The molecule has 0 N–H and O–H groups in total. The van der Waals surface area contributed by atoms with Crippen molar-refractivity contribution in [1.82, 2.24) is 19.9 Å². The third-order valence-corrected chi connectivity index (χ3v) is 5.83. The molecule has 1 fully saturated rings. The maximum atomic E-state index is 13.5. The van der Waals surface area contributed by atoms with Gasteiger partial charge in [-0.1, -0.05) is 48.0 Å². The molecule has 5 rings (SSSR count). The Kier molecular flexibility index (Phi) is 5.22. The van der Waals surface area contributed by atoms with Crippen LogP contribution in [0, 0.1) is 0 Å². The van der Waals surface area contributed by atoms with Gasteiger partial charge in [-0.3, -0.25) is 4.79 Å². The molecule has 154 valence electrons. The monoisotopic (exact) mass is 429 g/mol. The molecule has 0 radical (unpaired) electrons. The molecule has 31 heavy (non-hydrogen) atoms. The Morgan fingerprint density at radius 3 is 2.35 bits per heavy atom. The minimum atomic E-state index is 0.000494. The van der Waals surface area contributed by atoms with Crippen LogP contribution in [0.15, 0.2) is 73.1 Å². The smallest absolute Gasteiger partial charge is 0.254 e. The van der Waals surface area contributed by atoms with Gasteiger partial charge in [0.2, 0.25) is 5.95 Å². The van der Waals surface area contributed by atoms with Crippen molar-refractivity contribution < 1.29 is 4.79 Å². The summed E-state index contributed by atoms with van der Waals surface area (Å²) in [6, 6.07) is 19.0. The highest BCUT2D eigenvalue weighted by atomic mass is 35.5. The summed E-state index contributed by atoms with van der Waals surface area (Å²) in [6.07, 6.45) is 3.47. The van der Waals surface area contributed by atoms with Gasteiger partial charge in [-0.25, -0.2) is 15.0 Å². The summed E-state index contributed by atoms with van der Waals surface area (Å²) in [6.45, 7) is 2.59. The Bertz CT molecular complexity index is 1240. The Balaban J connectivity index is 1.47. The average molecular weight is 430 g/mol. The van der Waals surface area contributed by atoms with E-state index in [1.165, 1.54) is 0 Å². The lowest BCUT2D eigenvalue weighted by molar-refractivity contribution is 0.0748. The molecule has 0 aliphatic carbocycles. The standard InChI is InChI=1S/C24H20ClN5O/c25-20-8-3-1-7-18(20)22-16-19(17-6-2-4-9-21(17)28-22)23(31)29-12-14-30(15-13-29)24-26-10-5-11-27-24/h1-11,16H,12-15H2. The molecule has 1 saturated heterocycles. The largest absolute Gasteiger partial charge is 0.337 e. The molecule has 0 unspecified atom stereocenters. The van der Waals surface area contributed by atoms with Crippen molar-refractivity contribution in [2.45, 2.75) is 0 Å². The van der Waals surface area contributed by atoms with E-state index in [1.807, 2.05) is 59.5 Å². The number of piperazine rings is 1. The number of anilines is 1. The SMILES string of the molecule is O=C(c1cc(-c2ccccc2Cl)nc2ccccc12)N1CCN(c2ncccn2)CC1. The second-order valence-electron chi connectivity index (χ2n) is 7.38. The predicted octanol–water partition coefficient (Wildman–Crippen LogP) is 4.31. The van der Waals surface area contributed by atoms with E-state index in [0.717, 1.165) is 16.5 Å². The van der Waals surface area contributed by atoms with Crippen molar-refractivity contribution in [2.24, 2.45) is 0 Å². The molecular weight excluding hydrogens is 410 g/mol. The quantitative estimate of drug-likeness (QED) is 0.485. The number of rotatable bonds is 3. The zero-order valence-electron chi connectivity index (χ0n) is 16.8. The Labute approximate surface area is 185 Å². The van der Waals surface area contributed by atoms with Gasteiger partial charge in [-0.05, 0) is 24.3 Å². The number of benzene rings is 2. The van der Waals surface area contributed by atoms with Gasteiger partial charge in [0.15, 0.2) is 0 Å². The highest BCUT2D eigenvalue weighted by Gasteiger charge is 2.25. The van der Waals surface area contributed by atoms with Gasteiger partial charge in [-0.15, -0.1) is 0 Å². The minimum Gasteiger partial charge on any atom is -0.337 e. The first-order valence-corrected chi connectivity index (χ1v) is 10.5. The number of para-hydroxylation sites is 1. The molecule has 1 aliphatic heterocycles. The minimum absolute atomic E-state index is 0.000494. The maximum Gasteiger partial charge on any atom is 0.254 e. The molecule has 1 amide bonds. The van der Waals surface area contributed by atoms with Gasteiger partial charge in [0.1, 0.15) is 0 Å². The highest BCUT2D eigenvalue weighted by Crippen LogP contribution is 2.30. The van der Waals surface area contributed by atoms with Crippen LogP contribution in [0.1, 0.15) is 10.4 Å². The fourth-order valence-corrected chi connectivity index (χ4v) is 4.13. The van der Waals surface area contributed by atoms with Gasteiger partial charge in [0, 0.05) is 54.5 Å². The van der Waals surface area contributed by atoms with E-state index >= 15 is 0 Å². The Morgan fingerprint density at radius 2 is 1.58 bits per heavy atom. The van der Waals surface area contributed by atoms with Crippen LogP contribution in [-0.4, -0.2) is 51.9 Å². The summed E-state index contributed by atoms with van der Waals surface area (Å²) in [4.78, 5) is 30.9. The fourth-order valence-electron chi connectivity index (χ4n) is 3.89. The summed E-state index contributed by atoms with van der Waals surface area (Å²) in [5.74, 6) is 0.700. The van der Waals surface area contributed by atoms with Crippen molar-refractivity contribution in [1.29, 1.82) is 0 Å². The molecule has 4 aromatic rings. The number of fused-ring (bicyclic) bond motifs is 1. The lowest BCUT2D eigenvalue weighted by Gasteiger charge is -2.34. The molecule has 0 atom stereocenters. The second kappa shape index (κ2) is 8.32. The van der Waals surface area contributed by atoms with Crippen LogP contribution in [-0.2, 0) is 0 Å². The molecule has 0 saturated carbocycles. The normalized spacial score (nSPS) is 14.1. The van der Waals surface area contributed by atoms with Crippen LogP contribution < -0.4 is 4.90 Å². The zero-order chi connectivity index (χ0) is 21.2. The predicted molar refractivity (Wildman–Crippen MR) is 122 cm³/mol. The van der Waals surface area contributed by atoms with Gasteiger partial charge in [0.25, 0.3) is 5.91 Å². The molecule has 2 aromatic heterocycles.